The molecule has 0 radical (unpaired) electrons. The third-order valence-corrected chi connectivity index (χ3v) is 4.45. The summed E-state index contributed by atoms with van der Waals surface area (Å²) in [7, 11) is 3.11. The van der Waals surface area contributed by atoms with E-state index >= 15 is 0 Å². The van der Waals surface area contributed by atoms with E-state index in [0.29, 0.717) is 39.9 Å². The summed E-state index contributed by atoms with van der Waals surface area (Å²) in [6.45, 7) is 3.86. The Morgan fingerprint density at radius 3 is 2.64 bits per heavy atom. The Bertz CT molecular complexity index is 1200. The van der Waals surface area contributed by atoms with Crippen LogP contribution in [0.25, 0.3) is 33.9 Å². The number of rotatable bonds is 5. The minimum atomic E-state index is -0.392. The predicted octanol–water partition coefficient (Wildman–Crippen LogP) is 3.91. The number of hydrogen-bond donors (Lipinski definition) is 0. The maximum atomic E-state index is 12.1. The molecule has 0 bridgehead atoms. The van der Waals surface area contributed by atoms with Crippen LogP contribution in [0.1, 0.15) is 19.9 Å². The second-order valence-electron chi connectivity index (χ2n) is 6.48. The van der Waals surface area contributed by atoms with Gasteiger partial charge in [-0.2, -0.15) is 4.98 Å². The number of ether oxygens (including phenoxy) is 2. The van der Waals surface area contributed by atoms with E-state index in [-0.39, 0.29) is 6.04 Å². The molecule has 0 amide bonds. The van der Waals surface area contributed by atoms with Crippen LogP contribution in [0.5, 0.6) is 11.5 Å². The van der Waals surface area contributed by atoms with Crippen molar-refractivity contribution in [3.8, 4) is 34.3 Å². The van der Waals surface area contributed by atoms with Crippen LogP contribution in [-0.2, 0) is 0 Å². The normalized spacial score (nSPS) is 11.3. The summed E-state index contributed by atoms with van der Waals surface area (Å²) in [5, 5.41) is 4.06. The van der Waals surface area contributed by atoms with Crippen molar-refractivity contribution in [3.05, 3.63) is 46.9 Å². The lowest BCUT2D eigenvalue weighted by Crippen LogP contribution is -2.15. The van der Waals surface area contributed by atoms with Crippen LogP contribution in [0.3, 0.4) is 0 Å². The lowest BCUT2D eigenvalue weighted by molar-refractivity contribution is 0.353. The van der Waals surface area contributed by atoms with Crippen LogP contribution in [0.2, 0.25) is 0 Å². The molecule has 0 aliphatic heterocycles. The summed E-state index contributed by atoms with van der Waals surface area (Å²) in [5.41, 5.74) is 2.50. The maximum absolute atomic E-state index is 12.1. The first-order chi connectivity index (χ1) is 13.5. The third-order valence-electron chi connectivity index (χ3n) is 4.45. The minimum Gasteiger partial charge on any atom is -0.493 e. The Morgan fingerprint density at radius 1 is 1.11 bits per heavy atom. The molecular weight excluding hydrogens is 362 g/mol. The van der Waals surface area contributed by atoms with Gasteiger partial charge in [-0.3, -0.25) is 4.57 Å². The van der Waals surface area contributed by atoms with E-state index in [1.165, 1.54) is 0 Å². The monoisotopic (exact) mass is 381 g/mol. The van der Waals surface area contributed by atoms with Crippen molar-refractivity contribution >= 4 is 11.1 Å². The van der Waals surface area contributed by atoms with Crippen molar-refractivity contribution in [1.82, 2.24) is 14.7 Å². The Labute approximate surface area is 160 Å². The highest BCUT2D eigenvalue weighted by atomic mass is 16.5. The topological polar surface area (TPSA) is 92.5 Å². The molecule has 0 saturated heterocycles. The lowest BCUT2D eigenvalue weighted by atomic mass is 10.1. The van der Waals surface area contributed by atoms with Gasteiger partial charge >= 0.3 is 5.76 Å². The largest absolute Gasteiger partial charge is 0.493 e. The molecule has 4 rings (SSSR count). The van der Waals surface area contributed by atoms with Gasteiger partial charge in [0.2, 0.25) is 5.82 Å². The average molecular weight is 381 g/mol. The van der Waals surface area contributed by atoms with Crippen LogP contribution in [0.4, 0.5) is 0 Å². The van der Waals surface area contributed by atoms with Crippen LogP contribution in [0, 0.1) is 0 Å². The molecule has 2 aromatic carbocycles. The molecule has 0 atom stereocenters. The Kier molecular flexibility index (Phi) is 4.38. The van der Waals surface area contributed by atoms with Crippen molar-refractivity contribution in [3.63, 3.8) is 0 Å². The first-order valence-corrected chi connectivity index (χ1v) is 8.74. The minimum absolute atomic E-state index is 0.00287. The van der Waals surface area contributed by atoms with Crippen molar-refractivity contribution in [2.75, 3.05) is 14.2 Å². The van der Waals surface area contributed by atoms with Gasteiger partial charge in [0, 0.05) is 11.6 Å². The Balaban J connectivity index is 1.77. The van der Waals surface area contributed by atoms with Gasteiger partial charge in [-0.25, -0.2) is 4.79 Å². The summed E-state index contributed by atoms with van der Waals surface area (Å²) >= 11 is 0. The average Bonchev–Trinajstić information content (AvgIpc) is 3.30. The van der Waals surface area contributed by atoms with Crippen LogP contribution in [0.15, 0.2) is 50.1 Å². The number of hydrogen-bond acceptors (Lipinski definition) is 7. The van der Waals surface area contributed by atoms with Crippen molar-refractivity contribution < 1.29 is 18.4 Å². The van der Waals surface area contributed by atoms with E-state index in [1.54, 1.807) is 30.9 Å². The van der Waals surface area contributed by atoms with Crippen LogP contribution < -0.4 is 15.2 Å². The highest BCUT2D eigenvalue weighted by Gasteiger charge is 2.19. The highest BCUT2D eigenvalue weighted by Crippen LogP contribution is 2.37. The van der Waals surface area contributed by atoms with E-state index in [0.717, 1.165) is 5.52 Å². The summed E-state index contributed by atoms with van der Waals surface area (Å²) < 4.78 is 23.1. The smallest absolute Gasteiger partial charge is 0.420 e. The van der Waals surface area contributed by atoms with Crippen LogP contribution in [-0.4, -0.2) is 28.9 Å². The summed E-state index contributed by atoms with van der Waals surface area (Å²) in [6, 6.07) is 10.8. The van der Waals surface area contributed by atoms with Crippen LogP contribution >= 0.6 is 0 Å². The number of fused-ring (bicyclic) bond motifs is 1. The number of oxazole rings is 1. The zero-order valence-electron chi connectivity index (χ0n) is 15.9. The predicted molar refractivity (Wildman–Crippen MR) is 103 cm³/mol. The second-order valence-corrected chi connectivity index (χ2v) is 6.48. The molecule has 4 aromatic rings. The molecule has 8 heteroatoms. The van der Waals surface area contributed by atoms with Gasteiger partial charge in [-0.15, -0.1) is 0 Å². The van der Waals surface area contributed by atoms with Crippen molar-refractivity contribution in [2.45, 2.75) is 19.9 Å². The molecule has 28 heavy (non-hydrogen) atoms. The zero-order valence-corrected chi connectivity index (χ0v) is 15.9. The fourth-order valence-corrected chi connectivity index (χ4v) is 3.17. The van der Waals surface area contributed by atoms with Gasteiger partial charge in [0.05, 0.1) is 25.3 Å². The third kappa shape index (κ3) is 2.83. The first kappa shape index (κ1) is 17.8. The van der Waals surface area contributed by atoms with E-state index in [4.69, 9.17) is 18.4 Å². The summed E-state index contributed by atoms with van der Waals surface area (Å²) in [5.74, 6) is 1.36. The quantitative estimate of drug-likeness (QED) is 0.517. The molecule has 0 spiro atoms. The van der Waals surface area contributed by atoms with Gasteiger partial charge in [0.1, 0.15) is 0 Å². The van der Waals surface area contributed by atoms with E-state index < -0.39 is 5.76 Å². The van der Waals surface area contributed by atoms with E-state index in [2.05, 4.69) is 10.1 Å². The molecule has 0 aliphatic carbocycles. The molecule has 0 fully saturated rings. The molecule has 2 aromatic heterocycles. The molecule has 2 heterocycles. The maximum Gasteiger partial charge on any atom is 0.420 e. The number of benzene rings is 2. The van der Waals surface area contributed by atoms with Gasteiger partial charge in [-0.1, -0.05) is 11.2 Å². The molecule has 0 N–H and O–H groups in total. The summed E-state index contributed by atoms with van der Waals surface area (Å²) in [4.78, 5) is 16.5. The second kappa shape index (κ2) is 6.88. The van der Waals surface area contributed by atoms with Gasteiger partial charge in [0.15, 0.2) is 17.1 Å². The fraction of sp³-hybridized carbons (Fsp3) is 0.250. The molecule has 8 nitrogen and oxygen atoms in total. The van der Waals surface area contributed by atoms with Gasteiger partial charge in [-0.05, 0) is 44.2 Å². The van der Waals surface area contributed by atoms with Gasteiger partial charge < -0.3 is 18.4 Å². The Hall–Kier alpha value is -3.55. The SMILES string of the molecule is COc1cccc(-c2nc(-c3ccc4c(c3)oc(=O)n4C(C)C)no2)c1OC. The molecule has 144 valence electrons. The number of nitrogens with zero attached hydrogens (tertiary/aromatic N) is 3. The lowest BCUT2D eigenvalue weighted by Gasteiger charge is -2.09. The molecule has 0 saturated carbocycles. The van der Waals surface area contributed by atoms with E-state index in [1.807, 2.05) is 38.1 Å². The van der Waals surface area contributed by atoms with Crippen molar-refractivity contribution in [2.24, 2.45) is 0 Å². The zero-order chi connectivity index (χ0) is 19.8. The number of aromatic nitrogens is 3. The van der Waals surface area contributed by atoms with Crippen molar-refractivity contribution in [1.29, 1.82) is 0 Å². The van der Waals surface area contributed by atoms with E-state index in [9.17, 15) is 4.79 Å². The first-order valence-electron chi connectivity index (χ1n) is 8.74. The molecular formula is C20H19N3O5. The van der Waals surface area contributed by atoms with Gasteiger partial charge in [0.25, 0.3) is 5.89 Å². The summed E-state index contributed by atoms with van der Waals surface area (Å²) in [6.07, 6.45) is 0. The molecule has 0 aliphatic rings. The molecule has 0 unspecified atom stereocenters. The standard InChI is InChI=1S/C20H19N3O5/c1-11(2)23-14-9-8-12(10-16(14)27-20(23)24)18-21-19(28-22-18)13-6-5-7-15(25-3)17(13)26-4/h5-11H,1-4H3. The fourth-order valence-electron chi connectivity index (χ4n) is 3.17. The number of para-hydroxylation sites is 1. The Morgan fingerprint density at radius 2 is 1.93 bits per heavy atom. The highest BCUT2D eigenvalue weighted by molar-refractivity contribution is 5.79. The number of methoxy groups -OCH3 is 2.